The van der Waals surface area contributed by atoms with Crippen LogP contribution in [0.5, 0.6) is 17.2 Å². The second kappa shape index (κ2) is 10.3. The van der Waals surface area contributed by atoms with Crippen molar-refractivity contribution in [2.24, 2.45) is 0 Å². The van der Waals surface area contributed by atoms with Crippen LogP contribution < -0.4 is 24.8 Å². The standard InChI is InChI=1S/C19H21ClN2O5/c1-25-16-8-3-13(9-17(16)26-2)10-21-18(23)11-22-19(24)12-27-15-6-4-14(20)5-7-15/h3-9H,10-12H2,1-2H3,(H,21,23)(H,22,24). The number of carbonyl (C=O) groups excluding carboxylic acids is 2. The number of rotatable bonds is 9. The van der Waals surface area contributed by atoms with E-state index in [0.29, 0.717) is 28.8 Å². The highest BCUT2D eigenvalue weighted by Crippen LogP contribution is 2.27. The minimum atomic E-state index is -0.397. The molecule has 0 spiro atoms. The Bertz CT molecular complexity index is 780. The van der Waals surface area contributed by atoms with E-state index in [2.05, 4.69) is 10.6 Å². The number of benzene rings is 2. The summed E-state index contributed by atoms with van der Waals surface area (Å²) in [6.07, 6.45) is 0. The van der Waals surface area contributed by atoms with Crippen LogP contribution in [0.1, 0.15) is 5.56 Å². The molecule has 0 bridgehead atoms. The molecule has 0 radical (unpaired) electrons. The molecule has 0 saturated heterocycles. The van der Waals surface area contributed by atoms with Crippen LogP contribution in [0.3, 0.4) is 0 Å². The van der Waals surface area contributed by atoms with E-state index in [4.69, 9.17) is 25.8 Å². The monoisotopic (exact) mass is 392 g/mol. The number of nitrogens with one attached hydrogen (secondary N) is 2. The van der Waals surface area contributed by atoms with Crippen molar-refractivity contribution in [3.05, 3.63) is 53.1 Å². The average Bonchev–Trinajstić information content (AvgIpc) is 2.69. The highest BCUT2D eigenvalue weighted by atomic mass is 35.5. The van der Waals surface area contributed by atoms with Gasteiger partial charge in [-0.25, -0.2) is 0 Å². The molecule has 7 nitrogen and oxygen atoms in total. The highest BCUT2D eigenvalue weighted by molar-refractivity contribution is 6.30. The first-order valence-corrected chi connectivity index (χ1v) is 8.52. The van der Waals surface area contributed by atoms with Crippen LogP contribution in [0.25, 0.3) is 0 Å². The molecule has 0 aliphatic heterocycles. The molecule has 8 heteroatoms. The Morgan fingerprint density at radius 2 is 1.63 bits per heavy atom. The van der Waals surface area contributed by atoms with Crippen molar-refractivity contribution in [2.75, 3.05) is 27.4 Å². The number of halogens is 1. The molecular weight excluding hydrogens is 372 g/mol. The Morgan fingerprint density at radius 1 is 0.926 bits per heavy atom. The molecule has 0 aromatic heterocycles. The van der Waals surface area contributed by atoms with Crippen LogP contribution >= 0.6 is 11.6 Å². The van der Waals surface area contributed by atoms with Crippen molar-refractivity contribution in [2.45, 2.75) is 6.54 Å². The summed E-state index contributed by atoms with van der Waals surface area (Å²) in [7, 11) is 3.10. The zero-order chi connectivity index (χ0) is 19.6. The number of hydrogen-bond donors (Lipinski definition) is 2. The third-order valence-electron chi connectivity index (χ3n) is 3.57. The quantitative estimate of drug-likeness (QED) is 0.683. The highest BCUT2D eigenvalue weighted by Gasteiger charge is 2.08. The van der Waals surface area contributed by atoms with E-state index in [9.17, 15) is 9.59 Å². The molecule has 2 aromatic carbocycles. The molecule has 144 valence electrons. The minimum absolute atomic E-state index is 0.143. The Balaban J connectivity index is 1.71. The van der Waals surface area contributed by atoms with E-state index >= 15 is 0 Å². The molecule has 2 N–H and O–H groups in total. The zero-order valence-corrected chi connectivity index (χ0v) is 15.8. The molecule has 2 rings (SSSR count). The predicted octanol–water partition coefficient (Wildman–Crippen LogP) is 2.17. The lowest BCUT2D eigenvalue weighted by Gasteiger charge is -2.11. The average molecular weight is 393 g/mol. The first-order valence-electron chi connectivity index (χ1n) is 8.14. The van der Waals surface area contributed by atoms with Gasteiger partial charge in [-0.05, 0) is 42.0 Å². The number of hydrogen-bond acceptors (Lipinski definition) is 5. The molecule has 0 fully saturated rings. The van der Waals surface area contributed by atoms with Gasteiger partial charge in [0.1, 0.15) is 5.75 Å². The lowest BCUT2D eigenvalue weighted by atomic mass is 10.2. The first kappa shape index (κ1) is 20.4. The largest absolute Gasteiger partial charge is 0.493 e. The maximum atomic E-state index is 11.9. The molecule has 0 aliphatic rings. The Hall–Kier alpha value is -2.93. The van der Waals surface area contributed by atoms with E-state index < -0.39 is 5.91 Å². The fraction of sp³-hybridized carbons (Fsp3) is 0.263. The zero-order valence-electron chi connectivity index (χ0n) is 15.1. The maximum absolute atomic E-state index is 11.9. The van der Waals surface area contributed by atoms with Crippen LogP contribution in [0.2, 0.25) is 5.02 Å². The van der Waals surface area contributed by atoms with E-state index in [1.807, 2.05) is 6.07 Å². The molecule has 0 atom stereocenters. The number of ether oxygens (including phenoxy) is 3. The van der Waals surface area contributed by atoms with Crippen LogP contribution in [-0.2, 0) is 16.1 Å². The summed E-state index contributed by atoms with van der Waals surface area (Å²) in [6.45, 7) is -0.0307. The number of methoxy groups -OCH3 is 2. The Labute approximate surface area is 162 Å². The van der Waals surface area contributed by atoms with Gasteiger partial charge in [-0.15, -0.1) is 0 Å². The summed E-state index contributed by atoms with van der Waals surface area (Å²) >= 11 is 5.77. The van der Waals surface area contributed by atoms with Crippen LogP contribution in [0.4, 0.5) is 0 Å². The summed E-state index contributed by atoms with van der Waals surface area (Å²) in [5.74, 6) is 1.00. The smallest absolute Gasteiger partial charge is 0.258 e. The van der Waals surface area contributed by atoms with Crippen molar-refractivity contribution >= 4 is 23.4 Å². The molecule has 0 unspecified atom stereocenters. The summed E-state index contributed by atoms with van der Waals surface area (Å²) in [5.41, 5.74) is 0.846. The van der Waals surface area contributed by atoms with Gasteiger partial charge in [-0.3, -0.25) is 9.59 Å². The fourth-order valence-electron chi connectivity index (χ4n) is 2.16. The molecule has 2 aromatic rings. The van der Waals surface area contributed by atoms with Gasteiger partial charge in [0.15, 0.2) is 18.1 Å². The molecule has 0 aliphatic carbocycles. The van der Waals surface area contributed by atoms with Crippen molar-refractivity contribution in [3.8, 4) is 17.2 Å². The van der Waals surface area contributed by atoms with Crippen molar-refractivity contribution < 1.29 is 23.8 Å². The van der Waals surface area contributed by atoms with Crippen LogP contribution in [-0.4, -0.2) is 39.2 Å². The van der Waals surface area contributed by atoms with Crippen LogP contribution in [0.15, 0.2) is 42.5 Å². The SMILES string of the molecule is COc1ccc(CNC(=O)CNC(=O)COc2ccc(Cl)cc2)cc1OC. The fourth-order valence-corrected chi connectivity index (χ4v) is 2.29. The maximum Gasteiger partial charge on any atom is 0.258 e. The summed E-state index contributed by atoms with van der Waals surface area (Å²) in [5, 5.41) is 5.79. The first-order chi connectivity index (χ1) is 13.0. The third kappa shape index (κ3) is 6.71. The predicted molar refractivity (Wildman–Crippen MR) is 101 cm³/mol. The molecule has 0 heterocycles. The van der Waals surface area contributed by atoms with Gasteiger partial charge in [0, 0.05) is 11.6 Å². The molecule has 27 heavy (non-hydrogen) atoms. The molecule has 2 amide bonds. The second-order valence-corrected chi connectivity index (χ2v) is 5.92. The Kier molecular flexibility index (Phi) is 7.76. The van der Waals surface area contributed by atoms with E-state index in [0.717, 1.165) is 5.56 Å². The van der Waals surface area contributed by atoms with Gasteiger partial charge in [0.2, 0.25) is 5.91 Å². The van der Waals surface area contributed by atoms with E-state index in [1.54, 1.807) is 50.6 Å². The minimum Gasteiger partial charge on any atom is -0.493 e. The van der Waals surface area contributed by atoms with Gasteiger partial charge in [-0.2, -0.15) is 0 Å². The third-order valence-corrected chi connectivity index (χ3v) is 3.82. The lowest BCUT2D eigenvalue weighted by Crippen LogP contribution is -2.38. The van der Waals surface area contributed by atoms with Gasteiger partial charge in [-0.1, -0.05) is 17.7 Å². The van der Waals surface area contributed by atoms with Crippen molar-refractivity contribution in [1.82, 2.24) is 10.6 Å². The van der Waals surface area contributed by atoms with E-state index in [1.165, 1.54) is 0 Å². The van der Waals surface area contributed by atoms with Crippen molar-refractivity contribution in [1.29, 1.82) is 0 Å². The van der Waals surface area contributed by atoms with Gasteiger partial charge in [0.05, 0.1) is 20.8 Å². The molecule has 0 saturated carbocycles. The van der Waals surface area contributed by atoms with E-state index in [-0.39, 0.29) is 19.1 Å². The van der Waals surface area contributed by atoms with Gasteiger partial charge in [0.25, 0.3) is 5.91 Å². The molecular formula is C19H21ClN2O5. The Morgan fingerprint density at radius 3 is 2.30 bits per heavy atom. The van der Waals surface area contributed by atoms with Crippen molar-refractivity contribution in [3.63, 3.8) is 0 Å². The summed E-state index contributed by atoms with van der Waals surface area (Å²) < 4.78 is 15.7. The summed E-state index contributed by atoms with van der Waals surface area (Å²) in [4.78, 5) is 23.6. The number of carbonyl (C=O) groups is 2. The van der Waals surface area contributed by atoms with Gasteiger partial charge >= 0.3 is 0 Å². The topological polar surface area (TPSA) is 85.9 Å². The lowest BCUT2D eigenvalue weighted by molar-refractivity contribution is -0.127. The normalized spacial score (nSPS) is 10.0. The second-order valence-electron chi connectivity index (χ2n) is 5.49. The number of amides is 2. The summed E-state index contributed by atoms with van der Waals surface area (Å²) in [6, 6.07) is 12.0. The van der Waals surface area contributed by atoms with Crippen LogP contribution in [0, 0.1) is 0 Å². The van der Waals surface area contributed by atoms with Gasteiger partial charge < -0.3 is 24.8 Å².